The van der Waals surface area contributed by atoms with Gasteiger partial charge in [0.05, 0.1) is 11.4 Å². The van der Waals surface area contributed by atoms with Crippen LogP contribution >= 0.6 is 0 Å². The molecule has 0 radical (unpaired) electrons. The second-order valence-electron chi connectivity index (χ2n) is 8.22. The summed E-state index contributed by atoms with van der Waals surface area (Å²) < 4.78 is 0. The molecule has 0 aliphatic heterocycles. The Labute approximate surface area is 210 Å². The minimum Gasteiger partial charge on any atom is -0.399 e. The normalized spacial score (nSPS) is 10.4. The van der Waals surface area contributed by atoms with Crippen molar-refractivity contribution in [1.29, 1.82) is 0 Å². The molecule has 0 heterocycles. The molecule has 0 saturated heterocycles. The zero-order chi connectivity index (χ0) is 24.7. The number of nitrogens with one attached hydrogen (secondary N) is 2. The molecule has 0 fully saturated rings. The van der Waals surface area contributed by atoms with Crippen LogP contribution in [0, 0.1) is 0 Å². The zero-order valence-electron chi connectivity index (χ0n) is 19.5. The van der Waals surface area contributed by atoms with Crippen molar-refractivity contribution in [3.8, 4) is 33.8 Å². The smallest absolute Gasteiger partial charge is 0.155 e. The highest BCUT2D eigenvalue weighted by Crippen LogP contribution is 2.34. The van der Waals surface area contributed by atoms with E-state index < -0.39 is 0 Å². The first-order valence-corrected chi connectivity index (χ1v) is 11.5. The molecule has 0 atom stereocenters. The maximum Gasteiger partial charge on any atom is 0.155 e. The zero-order valence-corrected chi connectivity index (χ0v) is 19.5. The Kier molecular flexibility index (Phi) is 6.58. The molecule has 6 heteroatoms. The fraction of sp³-hybridized carbons (Fsp3) is 0. The van der Waals surface area contributed by atoms with Gasteiger partial charge in [-0.05, 0) is 77.9 Å². The van der Waals surface area contributed by atoms with Crippen molar-refractivity contribution in [2.24, 2.45) is 0 Å². The lowest BCUT2D eigenvalue weighted by molar-refractivity contribution is 0.405. The highest BCUT2D eigenvalue weighted by atomic mass is 16.6. The first kappa shape index (κ1) is 22.7. The summed E-state index contributed by atoms with van der Waals surface area (Å²) in [6.45, 7) is 0. The summed E-state index contributed by atoms with van der Waals surface area (Å²) in [5.74, 6) is 1.35. The summed E-state index contributed by atoms with van der Waals surface area (Å²) in [6.07, 6.45) is 0. The molecule has 5 aromatic carbocycles. The third-order valence-electron chi connectivity index (χ3n) is 5.66. The predicted molar refractivity (Wildman–Crippen MR) is 148 cm³/mol. The molecule has 0 amide bonds. The van der Waals surface area contributed by atoms with E-state index in [9.17, 15) is 0 Å². The Morgan fingerprint density at radius 2 is 0.861 bits per heavy atom. The Morgan fingerprint density at radius 3 is 1.31 bits per heavy atom. The fourth-order valence-electron chi connectivity index (χ4n) is 3.80. The van der Waals surface area contributed by atoms with Crippen molar-refractivity contribution in [3.05, 3.63) is 121 Å². The van der Waals surface area contributed by atoms with E-state index in [0.717, 1.165) is 33.6 Å². The first-order valence-electron chi connectivity index (χ1n) is 11.5. The Hall–Kier alpha value is -5.10. The number of benzene rings is 5. The van der Waals surface area contributed by atoms with Gasteiger partial charge in [-0.2, -0.15) is 0 Å². The minimum absolute atomic E-state index is 0.675. The topological polar surface area (TPSA) is 94.6 Å². The van der Waals surface area contributed by atoms with E-state index in [1.54, 1.807) is 24.3 Å². The maximum atomic E-state index is 5.78. The van der Waals surface area contributed by atoms with E-state index in [1.807, 2.05) is 66.7 Å². The Morgan fingerprint density at radius 1 is 0.444 bits per heavy atom. The van der Waals surface area contributed by atoms with Crippen LogP contribution in [0.4, 0.5) is 22.7 Å². The van der Waals surface area contributed by atoms with Crippen molar-refractivity contribution < 1.29 is 9.68 Å². The van der Waals surface area contributed by atoms with Crippen molar-refractivity contribution in [1.82, 2.24) is 0 Å². The number of hydrogen-bond donors (Lipinski definition) is 4. The molecule has 0 saturated carbocycles. The summed E-state index contributed by atoms with van der Waals surface area (Å²) in [6, 6.07) is 38.9. The van der Waals surface area contributed by atoms with Crippen LogP contribution < -0.4 is 32.1 Å². The van der Waals surface area contributed by atoms with Crippen LogP contribution in [0.3, 0.4) is 0 Å². The van der Waals surface area contributed by atoms with Gasteiger partial charge in [0.2, 0.25) is 0 Å². The highest BCUT2D eigenvalue weighted by molar-refractivity contribution is 5.84. The first-order chi connectivity index (χ1) is 17.7. The molecule has 0 unspecified atom stereocenters. The van der Waals surface area contributed by atoms with Gasteiger partial charge in [-0.3, -0.25) is 0 Å². The van der Waals surface area contributed by atoms with E-state index >= 15 is 0 Å². The molecule has 0 spiro atoms. The van der Waals surface area contributed by atoms with Gasteiger partial charge in [-0.25, -0.2) is 11.0 Å². The summed E-state index contributed by atoms with van der Waals surface area (Å²) in [5.41, 5.74) is 24.9. The van der Waals surface area contributed by atoms with Crippen LogP contribution in [0.15, 0.2) is 121 Å². The van der Waals surface area contributed by atoms with Gasteiger partial charge in [0, 0.05) is 22.5 Å². The SMILES string of the molecule is Nc1ccc(ONc2ccccc2-c2cccc(-c3ccccc3NOc3ccc(N)cc3)c2)cc1. The quantitative estimate of drug-likeness (QED) is 0.143. The largest absolute Gasteiger partial charge is 0.399 e. The van der Waals surface area contributed by atoms with Gasteiger partial charge in [0.1, 0.15) is 0 Å². The van der Waals surface area contributed by atoms with Gasteiger partial charge >= 0.3 is 0 Å². The van der Waals surface area contributed by atoms with Crippen LogP contribution in [-0.4, -0.2) is 0 Å². The monoisotopic (exact) mass is 474 g/mol. The van der Waals surface area contributed by atoms with Crippen molar-refractivity contribution >= 4 is 22.7 Å². The average molecular weight is 475 g/mol. The summed E-state index contributed by atoms with van der Waals surface area (Å²) in [7, 11) is 0. The van der Waals surface area contributed by atoms with E-state index in [0.29, 0.717) is 22.9 Å². The number of anilines is 4. The number of nitrogen functional groups attached to an aromatic ring is 2. The second kappa shape index (κ2) is 10.4. The van der Waals surface area contributed by atoms with E-state index in [4.69, 9.17) is 21.1 Å². The lowest BCUT2D eigenvalue weighted by Crippen LogP contribution is -2.06. The van der Waals surface area contributed by atoms with Crippen LogP contribution in [-0.2, 0) is 0 Å². The third kappa shape index (κ3) is 5.34. The van der Waals surface area contributed by atoms with Crippen molar-refractivity contribution in [2.45, 2.75) is 0 Å². The molecule has 0 aromatic heterocycles. The van der Waals surface area contributed by atoms with Gasteiger partial charge in [0.25, 0.3) is 0 Å². The van der Waals surface area contributed by atoms with E-state index in [1.165, 1.54) is 0 Å². The molecule has 6 N–H and O–H groups in total. The van der Waals surface area contributed by atoms with Crippen LogP contribution in [0.2, 0.25) is 0 Å². The Balaban J connectivity index is 1.39. The van der Waals surface area contributed by atoms with E-state index in [2.05, 4.69) is 41.3 Å². The second-order valence-corrected chi connectivity index (χ2v) is 8.22. The van der Waals surface area contributed by atoms with Crippen molar-refractivity contribution in [2.75, 3.05) is 22.4 Å². The minimum atomic E-state index is 0.675. The van der Waals surface area contributed by atoms with Crippen LogP contribution in [0.25, 0.3) is 22.3 Å². The van der Waals surface area contributed by atoms with E-state index in [-0.39, 0.29) is 0 Å². The number of nitrogens with two attached hydrogens (primary N) is 2. The van der Waals surface area contributed by atoms with Crippen LogP contribution in [0.1, 0.15) is 0 Å². The van der Waals surface area contributed by atoms with Crippen molar-refractivity contribution in [3.63, 3.8) is 0 Å². The van der Waals surface area contributed by atoms with Gasteiger partial charge in [0.15, 0.2) is 11.5 Å². The summed E-state index contributed by atoms with van der Waals surface area (Å²) in [4.78, 5) is 11.6. The predicted octanol–water partition coefficient (Wildman–Crippen LogP) is 7.00. The third-order valence-corrected chi connectivity index (χ3v) is 5.66. The molecular weight excluding hydrogens is 448 g/mol. The number of para-hydroxylation sites is 2. The lowest BCUT2D eigenvalue weighted by atomic mass is 9.97. The van der Waals surface area contributed by atoms with Gasteiger partial charge in [-0.1, -0.05) is 54.6 Å². The molecule has 0 aliphatic rings. The Bertz CT molecular complexity index is 1340. The van der Waals surface area contributed by atoms with Gasteiger partial charge < -0.3 is 21.1 Å². The molecule has 0 bridgehead atoms. The molecular formula is C30H26N4O2. The number of rotatable bonds is 8. The van der Waals surface area contributed by atoms with Crippen LogP contribution in [0.5, 0.6) is 11.5 Å². The molecule has 0 aliphatic carbocycles. The molecule has 5 rings (SSSR count). The standard InChI is InChI=1S/C30H26N4O2/c31-23-12-16-25(17-13-23)35-33-29-10-3-1-8-27(29)21-6-5-7-22(20-21)28-9-2-4-11-30(28)34-36-26-18-14-24(32)15-19-26/h1-20,33-34H,31-32H2. The number of hydrogen-bond acceptors (Lipinski definition) is 6. The van der Waals surface area contributed by atoms with Gasteiger partial charge in [-0.15, -0.1) is 0 Å². The maximum absolute atomic E-state index is 5.78. The average Bonchev–Trinajstić information content (AvgIpc) is 2.93. The molecule has 178 valence electrons. The molecule has 36 heavy (non-hydrogen) atoms. The summed E-state index contributed by atoms with van der Waals surface area (Å²) >= 11 is 0. The fourth-order valence-corrected chi connectivity index (χ4v) is 3.80. The summed E-state index contributed by atoms with van der Waals surface area (Å²) in [5, 5.41) is 0. The molecule has 5 aromatic rings. The lowest BCUT2D eigenvalue weighted by Gasteiger charge is -2.15. The molecule has 6 nitrogen and oxygen atoms in total. The highest BCUT2D eigenvalue weighted by Gasteiger charge is 2.10.